The van der Waals surface area contributed by atoms with Crippen LogP contribution in [-0.2, 0) is 4.79 Å². The number of aromatic nitrogens is 1. The number of carbonyl (C=O) groups excluding carboxylic acids is 1. The Hall–Kier alpha value is -0.450. The number of carbonyl (C=O) groups is 1. The molecule has 1 aliphatic rings. The topological polar surface area (TPSA) is 33.0 Å². The van der Waals surface area contributed by atoms with Crippen molar-refractivity contribution < 1.29 is 21.8 Å². The zero-order valence-corrected chi connectivity index (χ0v) is 13.5. The minimum atomic E-state index is -0.196. The average Bonchev–Trinajstić information content (AvgIpc) is 2.62. The second-order valence-electron chi connectivity index (χ2n) is 5.22. The molecular formula is C14H23ClN2OS. The lowest BCUT2D eigenvalue weighted by molar-refractivity contribution is -0.719. The molecule has 1 saturated carbocycles. The van der Waals surface area contributed by atoms with Crippen LogP contribution in [0, 0.1) is 20.8 Å². The minimum absolute atomic E-state index is 0. The van der Waals surface area contributed by atoms with Gasteiger partial charge in [-0.1, -0.05) is 30.6 Å². The van der Waals surface area contributed by atoms with Crippen LogP contribution in [0.15, 0.2) is 0 Å². The van der Waals surface area contributed by atoms with Crippen molar-refractivity contribution in [2.45, 2.75) is 65.1 Å². The van der Waals surface area contributed by atoms with Gasteiger partial charge in [0, 0.05) is 19.9 Å². The van der Waals surface area contributed by atoms with Crippen LogP contribution in [0.3, 0.4) is 0 Å². The summed E-state index contributed by atoms with van der Waals surface area (Å²) < 4.78 is 2.14. The summed E-state index contributed by atoms with van der Waals surface area (Å²) in [5, 5.41) is 4.72. The number of hydrogen-bond acceptors (Lipinski definition) is 3. The van der Waals surface area contributed by atoms with Gasteiger partial charge in [0.1, 0.15) is 0 Å². The van der Waals surface area contributed by atoms with E-state index in [1.54, 1.807) is 11.3 Å². The summed E-state index contributed by atoms with van der Waals surface area (Å²) in [5.74, 6) is 0. The van der Waals surface area contributed by atoms with Gasteiger partial charge in [0.2, 0.25) is 11.3 Å². The second-order valence-corrected chi connectivity index (χ2v) is 6.62. The maximum Gasteiger partial charge on any atom is 0.269 e. The summed E-state index contributed by atoms with van der Waals surface area (Å²) >= 11 is 1.77. The van der Waals surface area contributed by atoms with E-state index >= 15 is 0 Å². The molecule has 19 heavy (non-hydrogen) atoms. The summed E-state index contributed by atoms with van der Waals surface area (Å²) in [5.41, 5.74) is 1.21. The highest BCUT2D eigenvalue weighted by molar-refractivity contribution is 7.11. The second kappa shape index (κ2) is 7.36. The van der Waals surface area contributed by atoms with Crippen LogP contribution in [0.1, 0.15) is 53.8 Å². The first-order chi connectivity index (χ1) is 8.63. The third-order valence-electron chi connectivity index (χ3n) is 3.93. The standard InChI is InChI=1S/C14H23N2OS.ClH/c1-10-11(2)18-12(3)16(10)14(9-17)15-13-7-5-4-6-8-13;/h9,13-15H,4-8H2,1-3H3;1H/q+1;/p-1. The molecule has 1 atom stereocenters. The fourth-order valence-corrected chi connectivity index (χ4v) is 3.88. The Kier molecular flexibility index (Phi) is 6.43. The molecule has 1 aromatic heterocycles. The lowest BCUT2D eigenvalue weighted by Crippen LogP contribution is -3.00. The van der Waals surface area contributed by atoms with Gasteiger partial charge >= 0.3 is 0 Å². The summed E-state index contributed by atoms with van der Waals surface area (Å²) in [6.45, 7) is 6.30. The van der Waals surface area contributed by atoms with E-state index in [1.165, 1.54) is 47.7 Å². The number of rotatable bonds is 4. The van der Waals surface area contributed by atoms with Gasteiger partial charge in [-0.25, -0.2) is 5.32 Å². The maximum absolute atomic E-state index is 11.4. The molecule has 0 amide bonds. The molecule has 2 rings (SSSR count). The molecule has 1 aromatic rings. The van der Waals surface area contributed by atoms with Crippen molar-refractivity contribution in [1.29, 1.82) is 0 Å². The van der Waals surface area contributed by atoms with Crippen molar-refractivity contribution in [2.24, 2.45) is 0 Å². The Bertz CT molecular complexity index is 427. The van der Waals surface area contributed by atoms with Gasteiger partial charge in [0.05, 0.1) is 4.88 Å². The Morgan fingerprint density at radius 2 is 1.89 bits per heavy atom. The van der Waals surface area contributed by atoms with Crippen LogP contribution >= 0.6 is 11.3 Å². The highest BCUT2D eigenvalue weighted by atomic mass is 35.5. The van der Waals surface area contributed by atoms with Crippen molar-refractivity contribution in [3.05, 3.63) is 15.6 Å². The van der Waals surface area contributed by atoms with E-state index in [2.05, 4.69) is 30.7 Å². The Morgan fingerprint density at radius 1 is 1.26 bits per heavy atom. The molecule has 0 saturated heterocycles. The Labute approximate surface area is 125 Å². The van der Waals surface area contributed by atoms with E-state index in [4.69, 9.17) is 0 Å². The monoisotopic (exact) mass is 302 g/mol. The summed E-state index contributed by atoms with van der Waals surface area (Å²) in [6, 6.07) is 0.500. The molecule has 108 valence electrons. The number of hydrogen-bond donors (Lipinski definition) is 1. The molecule has 1 N–H and O–H groups in total. The van der Waals surface area contributed by atoms with E-state index in [0.29, 0.717) is 6.04 Å². The zero-order chi connectivity index (χ0) is 13.1. The van der Waals surface area contributed by atoms with Gasteiger partial charge in [0.25, 0.3) is 6.17 Å². The van der Waals surface area contributed by atoms with Crippen LogP contribution in [-0.4, -0.2) is 12.3 Å². The molecule has 3 nitrogen and oxygen atoms in total. The molecule has 1 unspecified atom stereocenters. The molecule has 0 spiro atoms. The number of halogens is 1. The predicted molar refractivity (Wildman–Crippen MR) is 73.8 cm³/mol. The third-order valence-corrected chi connectivity index (χ3v) is 5.02. The first-order valence-electron chi connectivity index (χ1n) is 6.83. The first-order valence-corrected chi connectivity index (χ1v) is 7.64. The largest absolute Gasteiger partial charge is 1.00 e. The molecule has 0 aromatic carbocycles. The summed E-state index contributed by atoms with van der Waals surface area (Å²) in [7, 11) is 0. The molecule has 1 fully saturated rings. The zero-order valence-electron chi connectivity index (χ0n) is 11.9. The van der Waals surface area contributed by atoms with E-state index in [-0.39, 0.29) is 18.6 Å². The Balaban J connectivity index is 0.00000180. The van der Waals surface area contributed by atoms with Crippen molar-refractivity contribution in [3.63, 3.8) is 0 Å². The van der Waals surface area contributed by atoms with Crippen molar-refractivity contribution >= 4 is 17.6 Å². The van der Waals surface area contributed by atoms with Crippen LogP contribution in [0.2, 0.25) is 0 Å². The number of nitrogens with zero attached hydrogens (tertiary/aromatic N) is 1. The van der Waals surface area contributed by atoms with Crippen LogP contribution in [0.4, 0.5) is 0 Å². The molecular weight excluding hydrogens is 280 g/mol. The molecule has 0 aliphatic heterocycles. The quantitative estimate of drug-likeness (QED) is 0.606. The van der Waals surface area contributed by atoms with Crippen LogP contribution < -0.4 is 22.3 Å². The van der Waals surface area contributed by atoms with E-state index in [9.17, 15) is 4.79 Å². The Morgan fingerprint density at radius 3 is 2.37 bits per heavy atom. The van der Waals surface area contributed by atoms with E-state index < -0.39 is 0 Å². The van der Waals surface area contributed by atoms with Gasteiger partial charge in [-0.3, -0.25) is 4.79 Å². The van der Waals surface area contributed by atoms with Crippen LogP contribution in [0.25, 0.3) is 0 Å². The molecule has 0 radical (unpaired) electrons. The maximum atomic E-state index is 11.4. The number of nitrogens with one attached hydrogen (secondary N) is 1. The summed E-state index contributed by atoms with van der Waals surface area (Å²) in [4.78, 5) is 12.7. The lowest BCUT2D eigenvalue weighted by Gasteiger charge is -2.23. The number of aldehydes is 1. The van der Waals surface area contributed by atoms with Gasteiger partial charge in [-0.05, 0) is 19.8 Å². The lowest BCUT2D eigenvalue weighted by atomic mass is 9.95. The number of thiazole rings is 1. The predicted octanol–water partition coefficient (Wildman–Crippen LogP) is -0.415. The van der Waals surface area contributed by atoms with Gasteiger partial charge in [0.15, 0.2) is 5.69 Å². The third kappa shape index (κ3) is 3.77. The SMILES string of the molecule is Cc1sc(C)[n+](C(C=O)NC2CCCCC2)c1C.[Cl-]. The van der Waals surface area contributed by atoms with Gasteiger partial charge in [-0.2, -0.15) is 4.57 Å². The molecule has 0 bridgehead atoms. The van der Waals surface area contributed by atoms with E-state index in [1.807, 2.05) is 0 Å². The fraction of sp³-hybridized carbons (Fsp3) is 0.714. The highest BCUT2D eigenvalue weighted by Gasteiger charge is 2.29. The normalized spacial score (nSPS) is 17.8. The smallest absolute Gasteiger partial charge is 0.269 e. The van der Waals surface area contributed by atoms with E-state index in [0.717, 1.165) is 6.29 Å². The van der Waals surface area contributed by atoms with Crippen molar-refractivity contribution in [2.75, 3.05) is 0 Å². The number of aryl methyl sites for hydroxylation is 2. The van der Waals surface area contributed by atoms with Gasteiger partial charge in [-0.15, -0.1) is 0 Å². The van der Waals surface area contributed by atoms with Crippen molar-refractivity contribution in [3.8, 4) is 0 Å². The molecule has 1 heterocycles. The van der Waals surface area contributed by atoms with Crippen LogP contribution in [0.5, 0.6) is 0 Å². The van der Waals surface area contributed by atoms with Crippen molar-refractivity contribution in [1.82, 2.24) is 5.32 Å². The van der Waals surface area contributed by atoms with Gasteiger partial charge < -0.3 is 12.4 Å². The molecule has 5 heteroatoms. The fourth-order valence-electron chi connectivity index (χ4n) is 2.84. The minimum Gasteiger partial charge on any atom is -1.00 e. The molecule has 1 aliphatic carbocycles. The summed E-state index contributed by atoms with van der Waals surface area (Å²) in [6.07, 6.45) is 7.16. The highest BCUT2D eigenvalue weighted by Crippen LogP contribution is 2.20. The average molecular weight is 303 g/mol. The first kappa shape index (κ1) is 16.6.